The van der Waals surface area contributed by atoms with Crippen LogP contribution >= 0.6 is 0 Å². The molecular formula is C18H26N4O2. The highest BCUT2D eigenvalue weighted by molar-refractivity contribution is 5.74. The number of carbonyl (C=O) groups is 1. The first-order chi connectivity index (χ1) is 11.5. The van der Waals surface area contributed by atoms with Crippen molar-refractivity contribution in [2.75, 3.05) is 13.6 Å². The van der Waals surface area contributed by atoms with E-state index in [1.54, 1.807) is 25.1 Å². The molecule has 0 fully saturated rings. The Labute approximate surface area is 143 Å². The van der Waals surface area contributed by atoms with Crippen molar-refractivity contribution in [2.45, 2.75) is 39.0 Å². The summed E-state index contributed by atoms with van der Waals surface area (Å²) in [5.41, 5.74) is 2.14. The van der Waals surface area contributed by atoms with Crippen LogP contribution in [0.15, 0.2) is 42.7 Å². The number of hydrogen-bond acceptors (Lipinski definition) is 3. The van der Waals surface area contributed by atoms with E-state index in [0.717, 1.165) is 5.56 Å². The fourth-order valence-electron chi connectivity index (χ4n) is 2.32. The molecule has 2 rings (SSSR count). The third-order valence-corrected chi connectivity index (χ3v) is 3.91. The van der Waals surface area contributed by atoms with Crippen LogP contribution in [0.2, 0.25) is 0 Å². The van der Waals surface area contributed by atoms with Gasteiger partial charge in [-0.15, -0.1) is 0 Å². The van der Waals surface area contributed by atoms with Gasteiger partial charge in [-0.05, 0) is 25.8 Å². The second-order valence-corrected chi connectivity index (χ2v) is 6.19. The maximum absolute atomic E-state index is 12.1. The quantitative estimate of drug-likeness (QED) is 0.819. The lowest BCUT2D eigenvalue weighted by atomic mass is 10.2. The number of carbonyl (C=O) groups excluding carboxylic acids is 1. The summed E-state index contributed by atoms with van der Waals surface area (Å²) in [6.45, 7) is 4.87. The largest absolute Gasteiger partial charge is 0.393 e. The summed E-state index contributed by atoms with van der Waals surface area (Å²) < 4.78 is 1.87. The van der Waals surface area contributed by atoms with Crippen molar-refractivity contribution < 1.29 is 9.90 Å². The molecule has 1 aromatic heterocycles. The predicted molar refractivity (Wildman–Crippen MR) is 93.6 cm³/mol. The van der Waals surface area contributed by atoms with E-state index in [0.29, 0.717) is 19.5 Å². The van der Waals surface area contributed by atoms with Crippen LogP contribution in [0.3, 0.4) is 0 Å². The molecule has 2 unspecified atom stereocenters. The van der Waals surface area contributed by atoms with Gasteiger partial charge in [0.05, 0.1) is 24.9 Å². The molecular weight excluding hydrogens is 304 g/mol. The van der Waals surface area contributed by atoms with Gasteiger partial charge in [0.2, 0.25) is 0 Å². The van der Waals surface area contributed by atoms with Gasteiger partial charge in [-0.1, -0.05) is 30.3 Å². The van der Waals surface area contributed by atoms with Crippen LogP contribution in [0.4, 0.5) is 4.79 Å². The fraction of sp³-hybridized carbons (Fsp3) is 0.444. The van der Waals surface area contributed by atoms with Crippen molar-refractivity contribution in [1.29, 1.82) is 0 Å². The lowest BCUT2D eigenvalue weighted by molar-refractivity contribution is 0.162. The van der Waals surface area contributed by atoms with E-state index in [-0.39, 0.29) is 12.1 Å². The highest BCUT2D eigenvalue weighted by Crippen LogP contribution is 2.12. The normalized spacial score (nSPS) is 13.3. The lowest BCUT2D eigenvalue weighted by Gasteiger charge is -2.21. The first-order valence-electron chi connectivity index (χ1n) is 8.21. The van der Waals surface area contributed by atoms with Gasteiger partial charge in [0.25, 0.3) is 0 Å². The van der Waals surface area contributed by atoms with Gasteiger partial charge < -0.3 is 15.3 Å². The van der Waals surface area contributed by atoms with Gasteiger partial charge in [0.1, 0.15) is 0 Å². The van der Waals surface area contributed by atoms with E-state index < -0.39 is 6.10 Å². The SMILES string of the molecule is CC(O)CCN(C)C(=O)NC(C)c1cnn(Cc2ccccc2)c1. The van der Waals surface area contributed by atoms with Crippen molar-refractivity contribution in [3.63, 3.8) is 0 Å². The molecule has 0 saturated carbocycles. The molecule has 0 saturated heterocycles. The Morgan fingerprint density at radius 1 is 1.33 bits per heavy atom. The number of urea groups is 1. The van der Waals surface area contributed by atoms with Crippen molar-refractivity contribution in [3.05, 3.63) is 53.9 Å². The molecule has 0 aliphatic carbocycles. The molecule has 2 amide bonds. The molecule has 6 heteroatoms. The maximum Gasteiger partial charge on any atom is 0.317 e. The summed E-state index contributed by atoms with van der Waals surface area (Å²) >= 11 is 0. The smallest absolute Gasteiger partial charge is 0.317 e. The highest BCUT2D eigenvalue weighted by atomic mass is 16.3. The maximum atomic E-state index is 12.1. The number of hydrogen-bond donors (Lipinski definition) is 2. The molecule has 0 aliphatic heterocycles. The fourth-order valence-corrected chi connectivity index (χ4v) is 2.32. The van der Waals surface area contributed by atoms with E-state index >= 15 is 0 Å². The second-order valence-electron chi connectivity index (χ2n) is 6.19. The minimum atomic E-state index is -0.408. The molecule has 2 aromatic rings. The lowest BCUT2D eigenvalue weighted by Crippen LogP contribution is -2.39. The van der Waals surface area contributed by atoms with E-state index in [9.17, 15) is 9.90 Å². The van der Waals surface area contributed by atoms with Crippen LogP contribution in [0.25, 0.3) is 0 Å². The van der Waals surface area contributed by atoms with Gasteiger partial charge in [-0.3, -0.25) is 4.68 Å². The molecule has 0 radical (unpaired) electrons. The first-order valence-corrected chi connectivity index (χ1v) is 8.21. The topological polar surface area (TPSA) is 70.4 Å². The monoisotopic (exact) mass is 330 g/mol. The number of amides is 2. The number of benzene rings is 1. The Morgan fingerprint density at radius 2 is 2.04 bits per heavy atom. The Hall–Kier alpha value is -2.34. The summed E-state index contributed by atoms with van der Waals surface area (Å²) in [7, 11) is 1.73. The van der Waals surface area contributed by atoms with Gasteiger partial charge >= 0.3 is 6.03 Å². The third-order valence-electron chi connectivity index (χ3n) is 3.91. The van der Waals surface area contributed by atoms with E-state index in [2.05, 4.69) is 22.5 Å². The molecule has 0 spiro atoms. The van der Waals surface area contributed by atoms with Gasteiger partial charge in [0.15, 0.2) is 0 Å². The molecule has 0 aliphatic rings. The summed E-state index contributed by atoms with van der Waals surface area (Å²) in [5, 5.41) is 16.6. The zero-order valence-corrected chi connectivity index (χ0v) is 14.5. The summed E-state index contributed by atoms with van der Waals surface area (Å²) in [6, 6.07) is 9.84. The minimum Gasteiger partial charge on any atom is -0.393 e. The summed E-state index contributed by atoms with van der Waals surface area (Å²) in [4.78, 5) is 13.7. The Balaban J connectivity index is 1.88. The van der Waals surface area contributed by atoms with Gasteiger partial charge in [0, 0.05) is 25.4 Å². The molecule has 0 bridgehead atoms. The van der Waals surface area contributed by atoms with Crippen LogP contribution in [0.5, 0.6) is 0 Å². The number of aliphatic hydroxyl groups is 1. The van der Waals surface area contributed by atoms with Crippen molar-refractivity contribution in [3.8, 4) is 0 Å². The van der Waals surface area contributed by atoms with E-state index in [4.69, 9.17) is 0 Å². The van der Waals surface area contributed by atoms with Crippen LogP contribution in [-0.4, -0.2) is 45.5 Å². The van der Waals surface area contributed by atoms with E-state index in [1.165, 1.54) is 5.56 Å². The van der Waals surface area contributed by atoms with Crippen LogP contribution < -0.4 is 5.32 Å². The molecule has 130 valence electrons. The van der Waals surface area contributed by atoms with E-state index in [1.807, 2.05) is 36.0 Å². The molecule has 2 atom stereocenters. The number of aliphatic hydroxyl groups excluding tert-OH is 1. The van der Waals surface area contributed by atoms with Crippen molar-refractivity contribution in [2.24, 2.45) is 0 Å². The standard InChI is InChI=1S/C18H26N4O2/c1-14(23)9-10-21(3)18(24)20-15(2)17-11-19-22(13-17)12-16-7-5-4-6-8-16/h4-8,11,13-15,23H,9-10,12H2,1-3H3,(H,20,24). The van der Waals surface area contributed by atoms with Crippen LogP contribution in [0, 0.1) is 0 Å². The number of rotatable bonds is 7. The Kier molecular flexibility index (Phi) is 6.37. The highest BCUT2D eigenvalue weighted by Gasteiger charge is 2.15. The number of aromatic nitrogens is 2. The first kappa shape index (κ1) is 18.0. The average molecular weight is 330 g/mol. The molecule has 2 N–H and O–H groups in total. The Morgan fingerprint density at radius 3 is 2.71 bits per heavy atom. The zero-order chi connectivity index (χ0) is 17.5. The second kappa shape index (κ2) is 8.49. The van der Waals surface area contributed by atoms with Crippen molar-refractivity contribution >= 4 is 6.03 Å². The Bertz CT molecular complexity index is 639. The van der Waals surface area contributed by atoms with Crippen LogP contribution in [0.1, 0.15) is 37.4 Å². The molecule has 1 aromatic carbocycles. The summed E-state index contributed by atoms with van der Waals surface area (Å²) in [6.07, 6.45) is 3.89. The number of nitrogens with zero attached hydrogens (tertiary/aromatic N) is 3. The molecule has 6 nitrogen and oxygen atoms in total. The number of nitrogens with one attached hydrogen (secondary N) is 1. The van der Waals surface area contributed by atoms with Gasteiger partial charge in [-0.25, -0.2) is 4.79 Å². The summed E-state index contributed by atoms with van der Waals surface area (Å²) in [5.74, 6) is 0. The predicted octanol–water partition coefficient (Wildman–Crippen LogP) is 2.40. The van der Waals surface area contributed by atoms with Gasteiger partial charge in [-0.2, -0.15) is 5.10 Å². The third kappa shape index (κ3) is 5.38. The van der Waals surface area contributed by atoms with Crippen molar-refractivity contribution in [1.82, 2.24) is 20.0 Å². The minimum absolute atomic E-state index is 0.129. The molecule has 1 heterocycles. The molecule has 24 heavy (non-hydrogen) atoms. The zero-order valence-electron chi connectivity index (χ0n) is 14.5. The van der Waals surface area contributed by atoms with Crippen LogP contribution in [-0.2, 0) is 6.54 Å². The average Bonchev–Trinajstić information content (AvgIpc) is 3.02.